The van der Waals surface area contributed by atoms with Crippen molar-refractivity contribution in [3.63, 3.8) is 0 Å². The molecule has 0 aliphatic carbocycles. The minimum atomic E-state index is -0.228. The molecule has 1 aromatic carbocycles. The van der Waals surface area contributed by atoms with Gasteiger partial charge in [0.1, 0.15) is 0 Å². The van der Waals surface area contributed by atoms with Gasteiger partial charge in [0, 0.05) is 30.3 Å². The Morgan fingerprint density at radius 2 is 2.00 bits per heavy atom. The van der Waals surface area contributed by atoms with Crippen LogP contribution in [0.1, 0.15) is 18.4 Å². The number of carbonyl (C=O) groups is 1. The molecule has 0 atom stereocenters. The molecule has 0 radical (unpaired) electrons. The Labute approximate surface area is 130 Å². The molecule has 114 valence electrons. The molecule has 2 N–H and O–H groups in total. The fraction of sp³-hybridized carbons (Fsp3) is 0.438. The lowest BCUT2D eigenvalue weighted by Crippen LogP contribution is -2.50. The molecule has 1 heterocycles. The summed E-state index contributed by atoms with van der Waals surface area (Å²) >= 11 is 5.96. The quantitative estimate of drug-likeness (QED) is 0.793. The van der Waals surface area contributed by atoms with E-state index in [-0.39, 0.29) is 18.0 Å². The first kappa shape index (κ1) is 16.0. The van der Waals surface area contributed by atoms with Crippen LogP contribution in [-0.4, -0.2) is 32.2 Å². The first-order valence-corrected chi connectivity index (χ1v) is 7.50. The van der Waals surface area contributed by atoms with E-state index in [1.807, 2.05) is 24.3 Å². The van der Waals surface area contributed by atoms with Gasteiger partial charge >= 0.3 is 0 Å². The molecule has 1 aliphatic heterocycles. The van der Waals surface area contributed by atoms with Crippen molar-refractivity contribution in [1.82, 2.24) is 10.6 Å². The van der Waals surface area contributed by atoms with Crippen LogP contribution in [-0.2, 0) is 15.1 Å². The van der Waals surface area contributed by atoms with E-state index in [2.05, 4.69) is 17.2 Å². The summed E-state index contributed by atoms with van der Waals surface area (Å²) in [7, 11) is 0. The SMILES string of the molecule is C=CCNC(=O)CNC1(c2ccc(Cl)cc2)CCOCC1. The minimum Gasteiger partial charge on any atom is -0.381 e. The monoisotopic (exact) mass is 308 g/mol. The maximum atomic E-state index is 11.8. The lowest BCUT2D eigenvalue weighted by Gasteiger charge is -2.38. The summed E-state index contributed by atoms with van der Waals surface area (Å²) < 4.78 is 5.46. The van der Waals surface area contributed by atoms with Crippen molar-refractivity contribution in [1.29, 1.82) is 0 Å². The number of rotatable bonds is 6. The number of hydrogen-bond donors (Lipinski definition) is 2. The number of amides is 1. The van der Waals surface area contributed by atoms with Crippen LogP contribution in [0.4, 0.5) is 0 Å². The van der Waals surface area contributed by atoms with Crippen LogP contribution in [0.2, 0.25) is 5.02 Å². The van der Waals surface area contributed by atoms with E-state index in [1.54, 1.807) is 6.08 Å². The maximum Gasteiger partial charge on any atom is 0.234 e. The molecule has 1 saturated heterocycles. The van der Waals surface area contributed by atoms with Crippen LogP contribution in [0.5, 0.6) is 0 Å². The summed E-state index contributed by atoms with van der Waals surface area (Å²) in [6, 6.07) is 7.80. The molecule has 4 nitrogen and oxygen atoms in total. The van der Waals surface area contributed by atoms with Crippen molar-refractivity contribution in [3.8, 4) is 0 Å². The average Bonchev–Trinajstić information content (AvgIpc) is 2.52. The molecule has 1 aromatic rings. The zero-order valence-corrected chi connectivity index (χ0v) is 12.8. The molecule has 0 spiro atoms. The fourth-order valence-electron chi connectivity index (χ4n) is 2.55. The van der Waals surface area contributed by atoms with Crippen LogP contribution in [0.3, 0.4) is 0 Å². The van der Waals surface area contributed by atoms with Gasteiger partial charge in [0.25, 0.3) is 0 Å². The Bertz CT molecular complexity index is 482. The molecule has 1 fully saturated rings. The first-order valence-electron chi connectivity index (χ1n) is 7.13. The Balaban J connectivity index is 2.08. The van der Waals surface area contributed by atoms with Gasteiger partial charge in [0.2, 0.25) is 5.91 Å². The lowest BCUT2D eigenvalue weighted by atomic mass is 9.82. The molecule has 0 saturated carbocycles. The summed E-state index contributed by atoms with van der Waals surface area (Å²) in [6.45, 7) is 5.71. The number of benzene rings is 1. The predicted molar refractivity (Wildman–Crippen MR) is 84.4 cm³/mol. The molecule has 21 heavy (non-hydrogen) atoms. The van der Waals surface area contributed by atoms with E-state index in [0.29, 0.717) is 24.8 Å². The second-order valence-electron chi connectivity index (χ2n) is 5.15. The van der Waals surface area contributed by atoms with Gasteiger partial charge in [-0.1, -0.05) is 29.8 Å². The van der Waals surface area contributed by atoms with Crippen LogP contribution in [0.25, 0.3) is 0 Å². The van der Waals surface area contributed by atoms with Gasteiger partial charge in [-0.2, -0.15) is 0 Å². The molecular weight excluding hydrogens is 288 g/mol. The van der Waals surface area contributed by atoms with Crippen LogP contribution < -0.4 is 10.6 Å². The highest BCUT2D eigenvalue weighted by Gasteiger charge is 2.34. The summed E-state index contributed by atoms with van der Waals surface area (Å²) in [5.41, 5.74) is 0.917. The van der Waals surface area contributed by atoms with Gasteiger partial charge in [0.05, 0.1) is 6.54 Å². The van der Waals surface area contributed by atoms with Crippen LogP contribution in [0, 0.1) is 0 Å². The van der Waals surface area contributed by atoms with E-state index < -0.39 is 0 Å². The molecule has 0 bridgehead atoms. The third kappa shape index (κ3) is 4.30. The Hall–Kier alpha value is -1.36. The number of halogens is 1. The van der Waals surface area contributed by atoms with Crippen LogP contribution >= 0.6 is 11.6 Å². The van der Waals surface area contributed by atoms with Gasteiger partial charge in [-0.15, -0.1) is 6.58 Å². The van der Waals surface area contributed by atoms with E-state index in [9.17, 15) is 4.79 Å². The van der Waals surface area contributed by atoms with Gasteiger partial charge in [0.15, 0.2) is 0 Å². The van der Waals surface area contributed by atoms with Crippen molar-refractivity contribution in [3.05, 3.63) is 47.5 Å². The predicted octanol–water partition coefficient (Wildman–Crippen LogP) is 2.24. The third-order valence-electron chi connectivity index (χ3n) is 3.77. The summed E-state index contributed by atoms with van der Waals surface area (Å²) in [4.78, 5) is 11.8. The van der Waals surface area contributed by atoms with Gasteiger partial charge in [-0.05, 0) is 30.5 Å². The molecule has 1 aliphatic rings. The molecule has 0 unspecified atom stereocenters. The second-order valence-corrected chi connectivity index (χ2v) is 5.58. The van der Waals surface area contributed by atoms with E-state index >= 15 is 0 Å². The molecular formula is C16H21ClN2O2. The van der Waals surface area contributed by atoms with Crippen LogP contribution in [0.15, 0.2) is 36.9 Å². The molecule has 2 rings (SSSR count). The summed E-state index contributed by atoms with van der Waals surface area (Å²) in [5, 5.41) is 6.90. The largest absolute Gasteiger partial charge is 0.381 e. The van der Waals surface area contributed by atoms with Crippen molar-refractivity contribution in [2.24, 2.45) is 0 Å². The smallest absolute Gasteiger partial charge is 0.234 e. The van der Waals surface area contributed by atoms with E-state index in [4.69, 9.17) is 16.3 Å². The number of carbonyl (C=O) groups excluding carboxylic acids is 1. The minimum absolute atomic E-state index is 0.0327. The first-order chi connectivity index (χ1) is 10.2. The zero-order chi connectivity index (χ0) is 15.1. The van der Waals surface area contributed by atoms with E-state index in [0.717, 1.165) is 18.4 Å². The highest BCUT2D eigenvalue weighted by Crippen LogP contribution is 2.32. The molecule has 0 aromatic heterocycles. The van der Waals surface area contributed by atoms with Gasteiger partial charge in [-0.3, -0.25) is 10.1 Å². The van der Waals surface area contributed by atoms with Crippen molar-refractivity contribution < 1.29 is 9.53 Å². The van der Waals surface area contributed by atoms with E-state index in [1.165, 1.54) is 0 Å². The fourth-order valence-corrected chi connectivity index (χ4v) is 2.68. The summed E-state index contributed by atoms with van der Waals surface area (Å²) in [5.74, 6) is -0.0327. The number of nitrogens with one attached hydrogen (secondary N) is 2. The normalized spacial score (nSPS) is 17.2. The molecule has 5 heteroatoms. The molecule has 1 amide bonds. The van der Waals surface area contributed by atoms with Gasteiger partial charge < -0.3 is 10.1 Å². The Morgan fingerprint density at radius 1 is 1.33 bits per heavy atom. The highest BCUT2D eigenvalue weighted by molar-refractivity contribution is 6.30. The Morgan fingerprint density at radius 3 is 2.62 bits per heavy atom. The number of ether oxygens (including phenoxy) is 1. The maximum absolute atomic E-state index is 11.8. The highest BCUT2D eigenvalue weighted by atomic mass is 35.5. The van der Waals surface area contributed by atoms with Crippen molar-refractivity contribution >= 4 is 17.5 Å². The topological polar surface area (TPSA) is 50.4 Å². The summed E-state index contributed by atoms with van der Waals surface area (Å²) in [6.07, 6.45) is 3.34. The third-order valence-corrected chi connectivity index (χ3v) is 4.03. The van der Waals surface area contributed by atoms with Crippen molar-refractivity contribution in [2.75, 3.05) is 26.3 Å². The number of hydrogen-bond acceptors (Lipinski definition) is 3. The second kappa shape index (κ2) is 7.59. The standard InChI is InChI=1S/C16H21ClN2O2/c1-2-9-18-15(20)12-19-16(7-10-21-11-8-16)13-3-5-14(17)6-4-13/h2-6,19H,1,7-12H2,(H,18,20). The van der Waals surface area contributed by atoms with Gasteiger partial charge in [-0.25, -0.2) is 0 Å². The Kier molecular flexibility index (Phi) is 5.79. The van der Waals surface area contributed by atoms with Crippen molar-refractivity contribution in [2.45, 2.75) is 18.4 Å². The zero-order valence-electron chi connectivity index (χ0n) is 12.0. The average molecular weight is 309 g/mol. The lowest BCUT2D eigenvalue weighted by molar-refractivity contribution is -0.120.